The molecule has 0 spiro atoms. The second-order valence-electron chi connectivity index (χ2n) is 6.99. The lowest BCUT2D eigenvalue weighted by Gasteiger charge is -2.21. The number of hydrogen-bond donors (Lipinski definition) is 1. The molecule has 0 radical (unpaired) electrons. The predicted molar refractivity (Wildman–Crippen MR) is 118 cm³/mol. The average molecular weight is 448 g/mol. The van der Waals surface area contributed by atoms with Gasteiger partial charge in [-0.05, 0) is 62.2 Å². The van der Waals surface area contributed by atoms with Crippen molar-refractivity contribution >= 4 is 35.8 Å². The minimum absolute atomic E-state index is 0. The van der Waals surface area contributed by atoms with Crippen LogP contribution in [-0.2, 0) is 9.53 Å². The lowest BCUT2D eigenvalue weighted by atomic mass is 9.99. The molecule has 3 aromatic rings. The smallest absolute Gasteiger partial charge is 0.227 e. The van der Waals surface area contributed by atoms with Crippen LogP contribution in [0.25, 0.3) is 5.69 Å². The molecule has 0 atom stereocenters. The van der Waals surface area contributed by atoms with E-state index in [1.807, 2.05) is 42.0 Å². The predicted octanol–water partition coefficient (Wildman–Crippen LogP) is 5.26. The van der Waals surface area contributed by atoms with E-state index in [4.69, 9.17) is 4.74 Å². The zero-order valence-corrected chi connectivity index (χ0v) is 18.1. The van der Waals surface area contributed by atoms with Crippen molar-refractivity contribution in [1.29, 1.82) is 0 Å². The minimum atomic E-state index is -0.372. The zero-order chi connectivity index (χ0) is 20.2. The van der Waals surface area contributed by atoms with Crippen molar-refractivity contribution in [3.05, 3.63) is 66.5 Å². The molecule has 0 saturated carbocycles. The van der Waals surface area contributed by atoms with E-state index >= 15 is 0 Å². The summed E-state index contributed by atoms with van der Waals surface area (Å²) in [4.78, 5) is 18.4. The Morgan fingerprint density at radius 3 is 2.57 bits per heavy atom. The third kappa shape index (κ3) is 5.41. The molecule has 1 fully saturated rings. The molecule has 5 nitrogen and oxygen atoms in total. The summed E-state index contributed by atoms with van der Waals surface area (Å²) in [6, 6.07) is 12.6. The van der Waals surface area contributed by atoms with Crippen LogP contribution in [0.1, 0.15) is 18.7 Å². The van der Waals surface area contributed by atoms with Gasteiger partial charge < -0.3 is 14.6 Å². The number of hydrogen-bond acceptors (Lipinski definition) is 4. The maximum Gasteiger partial charge on any atom is 0.227 e. The highest BCUT2D eigenvalue weighted by Gasteiger charge is 2.21. The number of nitrogens with zero attached hydrogens (tertiary/aromatic N) is 2. The van der Waals surface area contributed by atoms with Gasteiger partial charge in [0.15, 0.2) is 0 Å². The van der Waals surface area contributed by atoms with Crippen LogP contribution >= 0.6 is 24.2 Å². The molecule has 1 saturated heterocycles. The van der Waals surface area contributed by atoms with E-state index in [1.54, 1.807) is 12.3 Å². The van der Waals surface area contributed by atoms with Crippen LogP contribution in [0.4, 0.5) is 10.1 Å². The van der Waals surface area contributed by atoms with E-state index < -0.39 is 0 Å². The number of halogens is 2. The highest BCUT2D eigenvalue weighted by molar-refractivity contribution is 7.99. The Kier molecular flexibility index (Phi) is 7.53. The number of nitrogens with one attached hydrogen (secondary N) is 1. The highest BCUT2D eigenvalue weighted by Crippen LogP contribution is 2.31. The van der Waals surface area contributed by atoms with Gasteiger partial charge in [-0.1, -0.05) is 11.8 Å². The Hall–Kier alpha value is -2.35. The minimum Gasteiger partial charge on any atom is -0.381 e. The van der Waals surface area contributed by atoms with Gasteiger partial charge in [-0.2, -0.15) is 0 Å². The van der Waals surface area contributed by atoms with Gasteiger partial charge in [-0.3, -0.25) is 4.79 Å². The van der Waals surface area contributed by atoms with Crippen LogP contribution in [-0.4, -0.2) is 28.7 Å². The lowest BCUT2D eigenvalue weighted by Crippen LogP contribution is -2.28. The van der Waals surface area contributed by atoms with E-state index in [0.29, 0.717) is 31.7 Å². The summed E-state index contributed by atoms with van der Waals surface area (Å²) < 4.78 is 21.4. The first-order valence-corrected chi connectivity index (χ1v) is 10.4. The van der Waals surface area contributed by atoms with Crippen molar-refractivity contribution in [3.8, 4) is 5.69 Å². The zero-order valence-electron chi connectivity index (χ0n) is 16.5. The van der Waals surface area contributed by atoms with Gasteiger partial charge in [0.2, 0.25) is 5.91 Å². The molecule has 0 aliphatic carbocycles. The van der Waals surface area contributed by atoms with Crippen LogP contribution in [0.15, 0.2) is 64.6 Å². The van der Waals surface area contributed by atoms with E-state index in [0.717, 1.165) is 21.3 Å². The molecule has 4 rings (SSSR count). The molecular formula is C22H23ClFN3O2S. The number of rotatable bonds is 5. The molecule has 1 N–H and O–H groups in total. The largest absolute Gasteiger partial charge is 0.381 e. The van der Waals surface area contributed by atoms with Gasteiger partial charge in [-0.15, -0.1) is 12.4 Å². The van der Waals surface area contributed by atoms with Crippen molar-refractivity contribution in [2.75, 3.05) is 18.5 Å². The number of carbonyl (C=O) groups excluding carboxylic acids is 1. The second kappa shape index (κ2) is 10.1. The Morgan fingerprint density at radius 1 is 1.17 bits per heavy atom. The van der Waals surface area contributed by atoms with Gasteiger partial charge in [0.25, 0.3) is 0 Å². The van der Waals surface area contributed by atoms with E-state index in [9.17, 15) is 9.18 Å². The van der Waals surface area contributed by atoms with Crippen molar-refractivity contribution in [2.24, 2.45) is 5.92 Å². The molecule has 8 heteroatoms. The van der Waals surface area contributed by atoms with Gasteiger partial charge in [0, 0.05) is 52.7 Å². The van der Waals surface area contributed by atoms with Crippen molar-refractivity contribution in [3.63, 3.8) is 0 Å². The molecule has 158 valence electrons. The Labute approximate surface area is 185 Å². The summed E-state index contributed by atoms with van der Waals surface area (Å²) in [7, 11) is 0. The Morgan fingerprint density at radius 2 is 1.90 bits per heavy atom. The molecule has 1 aliphatic rings. The third-order valence-electron chi connectivity index (χ3n) is 4.91. The maximum atomic E-state index is 14.1. The molecule has 2 heterocycles. The first kappa shape index (κ1) is 22.3. The number of aromatic nitrogens is 2. The van der Waals surface area contributed by atoms with Crippen molar-refractivity contribution in [2.45, 2.75) is 29.6 Å². The topological polar surface area (TPSA) is 56.2 Å². The fourth-order valence-corrected chi connectivity index (χ4v) is 4.26. The quantitative estimate of drug-likeness (QED) is 0.579. The summed E-state index contributed by atoms with van der Waals surface area (Å²) in [5, 5.41) is 2.85. The van der Waals surface area contributed by atoms with E-state index in [2.05, 4.69) is 10.3 Å². The number of aryl methyl sites for hydroxylation is 1. The Balaban J connectivity index is 0.00000256. The number of carbonyl (C=O) groups is 1. The fourth-order valence-electron chi connectivity index (χ4n) is 3.36. The molecule has 1 aliphatic heterocycles. The molecular weight excluding hydrogens is 425 g/mol. The van der Waals surface area contributed by atoms with Gasteiger partial charge in [0.05, 0.1) is 0 Å². The first-order chi connectivity index (χ1) is 14.1. The molecule has 2 aromatic carbocycles. The molecule has 1 amide bonds. The fraction of sp³-hybridized carbons (Fsp3) is 0.273. The monoisotopic (exact) mass is 447 g/mol. The SMILES string of the molecule is Cc1nccn1-c1ccc(Sc2cc(F)cc(NC(=O)C3CCOCC3)c2)cc1.Cl. The van der Waals surface area contributed by atoms with Gasteiger partial charge >= 0.3 is 0 Å². The van der Waals surface area contributed by atoms with Crippen LogP contribution in [0.5, 0.6) is 0 Å². The lowest BCUT2D eigenvalue weighted by molar-refractivity contribution is -0.122. The number of imidazole rings is 1. The number of amides is 1. The Bertz CT molecular complexity index is 1000. The van der Waals surface area contributed by atoms with E-state index in [1.165, 1.54) is 23.9 Å². The van der Waals surface area contributed by atoms with Crippen LogP contribution in [0.2, 0.25) is 0 Å². The summed E-state index contributed by atoms with van der Waals surface area (Å²) in [6.45, 7) is 3.14. The van der Waals surface area contributed by atoms with Crippen LogP contribution in [0, 0.1) is 18.7 Å². The van der Waals surface area contributed by atoms with Crippen LogP contribution in [0.3, 0.4) is 0 Å². The van der Waals surface area contributed by atoms with Crippen molar-refractivity contribution < 1.29 is 13.9 Å². The molecule has 1 aromatic heterocycles. The molecule has 0 unspecified atom stereocenters. The first-order valence-electron chi connectivity index (χ1n) is 9.56. The van der Waals surface area contributed by atoms with Crippen molar-refractivity contribution in [1.82, 2.24) is 9.55 Å². The average Bonchev–Trinajstić information content (AvgIpc) is 3.15. The van der Waals surface area contributed by atoms with Gasteiger partial charge in [0.1, 0.15) is 11.6 Å². The normalized spacial score (nSPS) is 14.2. The maximum absolute atomic E-state index is 14.1. The summed E-state index contributed by atoms with van der Waals surface area (Å²) >= 11 is 1.45. The number of ether oxygens (including phenoxy) is 1. The number of anilines is 1. The molecule has 30 heavy (non-hydrogen) atoms. The molecule has 0 bridgehead atoms. The summed E-state index contributed by atoms with van der Waals surface area (Å²) in [5.74, 6) is 0.389. The van der Waals surface area contributed by atoms with Crippen LogP contribution < -0.4 is 5.32 Å². The third-order valence-corrected chi connectivity index (χ3v) is 5.89. The second-order valence-corrected chi connectivity index (χ2v) is 8.14. The van der Waals surface area contributed by atoms with E-state index in [-0.39, 0.29) is 30.0 Å². The summed E-state index contributed by atoms with van der Waals surface area (Å²) in [5.41, 5.74) is 1.50. The number of benzene rings is 2. The van der Waals surface area contributed by atoms with Gasteiger partial charge in [-0.25, -0.2) is 9.37 Å². The summed E-state index contributed by atoms with van der Waals surface area (Å²) in [6.07, 6.45) is 5.08. The standard InChI is InChI=1S/C22H22FN3O2S.ClH/c1-15-24-8-9-26(15)19-2-4-20(5-3-19)29-21-13-17(23)12-18(14-21)25-22(27)16-6-10-28-11-7-16;/h2-5,8-9,12-14,16H,6-7,10-11H2,1H3,(H,25,27);1H. The highest BCUT2D eigenvalue weighted by atomic mass is 35.5.